The maximum Gasteiger partial charge on any atom is 0.276 e. The number of carbonyl (C=O) groups is 2. The van der Waals surface area contributed by atoms with Crippen LogP contribution >= 0.6 is 23.8 Å². The number of halogens is 1. The number of fused-ring (bicyclic) bond motifs is 3. The summed E-state index contributed by atoms with van der Waals surface area (Å²) in [6.45, 7) is 6.74. The lowest BCUT2D eigenvalue weighted by atomic mass is 9.88. The monoisotopic (exact) mass is 487 g/mol. The lowest BCUT2D eigenvalue weighted by Gasteiger charge is -2.33. The van der Waals surface area contributed by atoms with E-state index >= 15 is 0 Å². The van der Waals surface area contributed by atoms with Gasteiger partial charge in [-0.1, -0.05) is 25.4 Å². The number of amides is 2. The Kier molecular flexibility index (Phi) is 5.71. The molecule has 0 spiro atoms. The largest absolute Gasteiger partial charge is 0.483 e. The molecule has 0 saturated carbocycles. The highest BCUT2D eigenvalue weighted by Gasteiger charge is 2.51. The summed E-state index contributed by atoms with van der Waals surface area (Å²) in [6.07, 6.45) is 3.94. The second kappa shape index (κ2) is 8.42. The first-order valence-electron chi connectivity index (χ1n) is 11.1. The number of benzene rings is 1. The Hall–Kier alpha value is -2.42. The second-order valence-electron chi connectivity index (χ2n) is 9.54. The highest BCUT2D eigenvalue weighted by molar-refractivity contribution is 7.80. The lowest BCUT2D eigenvalue weighted by Crippen LogP contribution is -2.46. The molecule has 1 aromatic rings. The minimum Gasteiger partial charge on any atom is -0.483 e. The summed E-state index contributed by atoms with van der Waals surface area (Å²) in [5, 5.41) is 1.12. The normalized spacial score (nSPS) is 24.5. The van der Waals surface area contributed by atoms with Crippen molar-refractivity contribution < 1.29 is 19.1 Å². The highest BCUT2D eigenvalue weighted by atomic mass is 35.5. The van der Waals surface area contributed by atoms with Gasteiger partial charge in [0.25, 0.3) is 5.91 Å². The standard InChI is InChI=1S/C24H26ClN3O4S/c1-24(2,13-21(29)26-7-9-31-10-8-26)14-27-22(30)18-12-20-17(28(18)23(27)33)11-19(32-20)15-3-5-16(25)6-4-15/h3-6,11-12,17,20H,7-10,13-14H2,1-2H3. The molecule has 0 aromatic heterocycles. The van der Waals surface area contributed by atoms with Crippen LogP contribution in [-0.4, -0.2) is 76.6 Å². The van der Waals surface area contributed by atoms with Gasteiger partial charge in [-0.3, -0.25) is 14.5 Å². The number of nitrogens with zero attached hydrogens (tertiary/aromatic N) is 3. The maximum atomic E-state index is 13.2. The van der Waals surface area contributed by atoms with Crippen LogP contribution < -0.4 is 0 Å². The number of ether oxygens (including phenoxy) is 2. The summed E-state index contributed by atoms with van der Waals surface area (Å²) >= 11 is 11.7. The summed E-state index contributed by atoms with van der Waals surface area (Å²) in [4.78, 5) is 31.3. The predicted molar refractivity (Wildman–Crippen MR) is 128 cm³/mol. The Bertz CT molecular complexity index is 1060. The van der Waals surface area contributed by atoms with Crippen molar-refractivity contribution in [2.75, 3.05) is 32.8 Å². The third-order valence-corrected chi connectivity index (χ3v) is 7.08. The molecule has 2 saturated heterocycles. The third kappa shape index (κ3) is 4.16. The Morgan fingerprint density at radius 1 is 1.18 bits per heavy atom. The Balaban J connectivity index is 1.29. The van der Waals surface area contributed by atoms with Crippen LogP contribution in [0.1, 0.15) is 25.8 Å². The number of morpholine rings is 1. The minimum absolute atomic E-state index is 0.0837. The number of thiocarbonyl (C=S) groups is 1. The minimum atomic E-state index is -0.425. The molecule has 0 bridgehead atoms. The smallest absolute Gasteiger partial charge is 0.276 e. The molecule has 4 heterocycles. The van der Waals surface area contributed by atoms with Crippen LogP contribution in [-0.2, 0) is 19.1 Å². The van der Waals surface area contributed by atoms with Crippen molar-refractivity contribution in [2.45, 2.75) is 32.4 Å². The van der Waals surface area contributed by atoms with Crippen molar-refractivity contribution in [3.63, 3.8) is 0 Å². The molecule has 4 aliphatic rings. The average Bonchev–Trinajstić information content (AvgIpc) is 3.41. The summed E-state index contributed by atoms with van der Waals surface area (Å²) in [5.74, 6) is 0.703. The zero-order valence-corrected chi connectivity index (χ0v) is 20.2. The molecule has 2 fully saturated rings. The van der Waals surface area contributed by atoms with Crippen LogP contribution in [0.3, 0.4) is 0 Å². The quantitative estimate of drug-likeness (QED) is 0.595. The molecule has 2 atom stereocenters. The predicted octanol–water partition coefficient (Wildman–Crippen LogP) is 3.05. The fraction of sp³-hybridized carbons (Fsp3) is 0.458. The van der Waals surface area contributed by atoms with Gasteiger partial charge in [0, 0.05) is 36.6 Å². The molecule has 2 unspecified atom stereocenters. The van der Waals surface area contributed by atoms with Gasteiger partial charge in [0.1, 0.15) is 17.6 Å². The molecule has 2 amide bonds. The summed E-state index contributed by atoms with van der Waals surface area (Å²) in [5.41, 5.74) is 1.06. The number of hydrogen-bond acceptors (Lipinski definition) is 5. The van der Waals surface area contributed by atoms with Crippen molar-refractivity contribution in [1.82, 2.24) is 14.7 Å². The van der Waals surface area contributed by atoms with Gasteiger partial charge in [-0.05, 0) is 54.1 Å². The summed E-state index contributed by atoms with van der Waals surface area (Å²) in [6, 6.07) is 7.30. The van der Waals surface area contributed by atoms with E-state index in [4.69, 9.17) is 33.3 Å². The van der Waals surface area contributed by atoms with E-state index in [0.29, 0.717) is 55.1 Å². The van der Waals surface area contributed by atoms with Crippen LogP contribution in [0.4, 0.5) is 0 Å². The van der Waals surface area contributed by atoms with Gasteiger partial charge in [-0.25, -0.2) is 0 Å². The topological polar surface area (TPSA) is 62.3 Å². The maximum absolute atomic E-state index is 13.2. The van der Waals surface area contributed by atoms with Gasteiger partial charge in [0.15, 0.2) is 5.11 Å². The number of carbonyl (C=O) groups excluding carboxylic acids is 2. The van der Waals surface area contributed by atoms with E-state index in [0.717, 1.165) is 11.3 Å². The van der Waals surface area contributed by atoms with Crippen molar-refractivity contribution in [3.05, 3.63) is 52.7 Å². The highest BCUT2D eigenvalue weighted by Crippen LogP contribution is 2.41. The second-order valence-corrected chi connectivity index (χ2v) is 10.3. The van der Waals surface area contributed by atoms with Crippen LogP contribution in [0.25, 0.3) is 5.76 Å². The molecule has 1 aromatic carbocycles. The SMILES string of the molecule is CC(C)(CC(=O)N1CCOCC1)CN1C(=O)C2=CC3OC(c4ccc(Cl)cc4)=CC3N2C1=S. The van der Waals surface area contributed by atoms with E-state index in [2.05, 4.69) is 0 Å². The van der Waals surface area contributed by atoms with Gasteiger partial charge in [0.05, 0.1) is 19.3 Å². The Morgan fingerprint density at radius 3 is 2.58 bits per heavy atom. The molecular weight excluding hydrogens is 462 g/mol. The first-order chi connectivity index (χ1) is 15.7. The van der Waals surface area contributed by atoms with Crippen molar-refractivity contribution in [1.29, 1.82) is 0 Å². The lowest BCUT2D eigenvalue weighted by molar-refractivity contribution is -0.138. The third-order valence-electron chi connectivity index (χ3n) is 6.41. The van der Waals surface area contributed by atoms with Gasteiger partial charge in [-0.2, -0.15) is 0 Å². The molecule has 5 rings (SSSR count). The van der Waals surface area contributed by atoms with E-state index in [9.17, 15) is 9.59 Å². The van der Waals surface area contributed by atoms with Crippen LogP contribution in [0, 0.1) is 5.41 Å². The number of rotatable bonds is 5. The first kappa shape index (κ1) is 22.4. The Labute approximate surface area is 203 Å². The van der Waals surface area contributed by atoms with E-state index in [1.54, 1.807) is 4.90 Å². The zero-order chi connectivity index (χ0) is 23.3. The molecule has 0 aliphatic carbocycles. The van der Waals surface area contributed by atoms with E-state index in [1.165, 1.54) is 0 Å². The van der Waals surface area contributed by atoms with Crippen molar-refractivity contribution in [3.8, 4) is 0 Å². The fourth-order valence-corrected chi connectivity index (χ4v) is 5.25. The average molecular weight is 488 g/mol. The van der Waals surface area contributed by atoms with Crippen LogP contribution in [0.15, 0.2) is 42.1 Å². The molecule has 174 valence electrons. The first-order valence-corrected chi connectivity index (χ1v) is 11.9. The molecule has 9 heteroatoms. The van der Waals surface area contributed by atoms with Gasteiger partial charge >= 0.3 is 0 Å². The molecule has 0 radical (unpaired) electrons. The molecule has 33 heavy (non-hydrogen) atoms. The molecule has 4 aliphatic heterocycles. The molecule has 7 nitrogen and oxygen atoms in total. The van der Waals surface area contributed by atoms with Crippen LogP contribution in [0.5, 0.6) is 0 Å². The van der Waals surface area contributed by atoms with Gasteiger partial charge in [-0.15, -0.1) is 0 Å². The van der Waals surface area contributed by atoms with Crippen molar-refractivity contribution in [2.24, 2.45) is 5.41 Å². The number of hydrogen-bond donors (Lipinski definition) is 0. The summed E-state index contributed by atoms with van der Waals surface area (Å²) < 4.78 is 11.4. The van der Waals surface area contributed by atoms with Gasteiger partial charge < -0.3 is 19.3 Å². The van der Waals surface area contributed by atoms with Crippen LogP contribution in [0.2, 0.25) is 5.02 Å². The summed E-state index contributed by atoms with van der Waals surface area (Å²) in [7, 11) is 0. The van der Waals surface area contributed by atoms with E-state index < -0.39 is 5.41 Å². The van der Waals surface area contributed by atoms with Gasteiger partial charge in [0.2, 0.25) is 5.91 Å². The van der Waals surface area contributed by atoms with Crippen molar-refractivity contribution >= 4 is 46.5 Å². The molecule has 0 N–H and O–H groups in total. The van der Waals surface area contributed by atoms with E-state index in [-0.39, 0.29) is 24.0 Å². The molecular formula is C24H26ClN3O4S. The Morgan fingerprint density at radius 2 is 1.88 bits per heavy atom. The van der Waals surface area contributed by atoms with E-state index in [1.807, 2.05) is 60.1 Å². The fourth-order valence-electron chi connectivity index (χ4n) is 4.75. The zero-order valence-electron chi connectivity index (χ0n) is 18.6.